The van der Waals surface area contributed by atoms with Crippen LogP contribution in [-0.2, 0) is 6.61 Å². The summed E-state index contributed by atoms with van der Waals surface area (Å²) < 4.78 is 11.3. The molecule has 0 fully saturated rings. The van der Waals surface area contributed by atoms with E-state index in [9.17, 15) is 4.79 Å². The van der Waals surface area contributed by atoms with Gasteiger partial charge < -0.3 is 9.15 Å². The van der Waals surface area contributed by atoms with Gasteiger partial charge in [0, 0.05) is 10.6 Å². The summed E-state index contributed by atoms with van der Waals surface area (Å²) in [6.07, 6.45) is 3.19. The van der Waals surface area contributed by atoms with E-state index in [1.807, 2.05) is 48.5 Å². The molecule has 0 spiro atoms. The maximum absolute atomic E-state index is 12.3. The second-order valence-electron chi connectivity index (χ2n) is 6.52. The first-order valence-electron chi connectivity index (χ1n) is 8.81. The number of furan rings is 1. The third-order valence-corrected chi connectivity index (χ3v) is 4.36. The Morgan fingerprint density at radius 1 is 1.11 bits per heavy atom. The second-order valence-corrected chi connectivity index (χ2v) is 6.96. The SMILES string of the molecule is CC(C)c1ccc(C(=O)/C=C/c2ccc(COc3cccc(Cl)c3)o2)cc1. The van der Waals surface area contributed by atoms with Gasteiger partial charge in [-0.05, 0) is 54.0 Å². The summed E-state index contributed by atoms with van der Waals surface area (Å²) in [6, 6.07) is 18.5. The van der Waals surface area contributed by atoms with Gasteiger partial charge in [-0.3, -0.25) is 4.79 Å². The molecule has 2 aromatic carbocycles. The molecule has 0 radical (unpaired) electrons. The molecule has 0 aliphatic rings. The molecule has 0 amide bonds. The molecule has 138 valence electrons. The van der Waals surface area contributed by atoms with Crippen LogP contribution in [0.3, 0.4) is 0 Å². The quantitative estimate of drug-likeness (QED) is 0.345. The fourth-order valence-corrected chi connectivity index (χ4v) is 2.74. The van der Waals surface area contributed by atoms with Gasteiger partial charge >= 0.3 is 0 Å². The monoisotopic (exact) mass is 380 g/mol. The summed E-state index contributed by atoms with van der Waals surface area (Å²) in [5.41, 5.74) is 1.87. The molecule has 3 nitrogen and oxygen atoms in total. The fraction of sp³-hybridized carbons (Fsp3) is 0.174. The number of hydrogen-bond acceptors (Lipinski definition) is 3. The van der Waals surface area contributed by atoms with Crippen LogP contribution in [0.1, 0.15) is 47.2 Å². The molecule has 27 heavy (non-hydrogen) atoms. The van der Waals surface area contributed by atoms with Gasteiger partial charge in [-0.15, -0.1) is 0 Å². The lowest BCUT2D eigenvalue weighted by atomic mass is 10.0. The summed E-state index contributed by atoms with van der Waals surface area (Å²) in [5, 5.41) is 0.621. The van der Waals surface area contributed by atoms with Crippen LogP contribution in [0.2, 0.25) is 5.02 Å². The third-order valence-electron chi connectivity index (χ3n) is 4.12. The fourth-order valence-electron chi connectivity index (χ4n) is 2.56. The molecule has 0 unspecified atom stereocenters. The van der Waals surface area contributed by atoms with E-state index in [2.05, 4.69) is 13.8 Å². The highest BCUT2D eigenvalue weighted by Crippen LogP contribution is 2.20. The number of rotatable bonds is 7. The minimum atomic E-state index is -0.0570. The maximum atomic E-state index is 12.3. The number of ether oxygens (including phenoxy) is 1. The van der Waals surface area contributed by atoms with Crippen LogP contribution >= 0.6 is 11.6 Å². The zero-order valence-corrected chi connectivity index (χ0v) is 16.1. The second kappa shape index (κ2) is 8.74. The molecule has 0 N–H and O–H groups in total. The third kappa shape index (κ3) is 5.35. The van der Waals surface area contributed by atoms with Crippen LogP contribution in [0.4, 0.5) is 0 Å². The molecule has 1 heterocycles. The highest BCUT2D eigenvalue weighted by Gasteiger charge is 2.05. The lowest BCUT2D eigenvalue weighted by molar-refractivity contribution is 0.104. The smallest absolute Gasteiger partial charge is 0.185 e. The van der Waals surface area contributed by atoms with Crippen molar-refractivity contribution in [2.24, 2.45) is 0 Å². The van der Waals surface area contributed by atoms with Crippen LogP contribution in [0.25, 0.3) is 6.08 Å². The minimum absolute atomic E-state index is 0.0570. The Morgan fingerprint density at radius 3 is 2.59 bits per heavy atom. The van der Waals surface area contributed by atoms with Crippen molar-refractivity contribution in [3.05, 3.63) is 94.4 Å². The van der Waals surface area contributed by atoms with E-state index in [1.54, 1.807) is 18.2 Å². The Hall–Kier alpha value is -2.78. The standard InChI is InChI=1S/C23H21ClO3/c1-16(2)17-6-8-18(9-7-17)23(25)13-12-20-10-11-22(27-20)15-26-21-5-3-4-19(24)14-21/h3-14,16H,15H2,1-2H3/b13-12+. The zero-order valence-electron chi connectivity index (χ0n) is 15.3. The molecule has 1 aromatic heterocycles. The number of halogens is 1. The Balaban J connectivity index is 1.58. The van der Waals surface area contributed by atoms with Crippen molar-refractivity contribution in [3.8, 4) is 5.75 Å². The number of carbonyl (C=O) groups excluding carboxylic acids is 1. The topological polar surface area (TPSA) is 39.4 Å². The van der Waals surface area contributed by atoms with Crippen LogP contribution in [0, 0.1) is 0 Å². The van der Waals surface area contributed by atoms with E-state index in [4.69, 9.17) is 20.8 Å². The molecule has 3 aromatic rings. The highest BCUT2D eigenvalue weighted by molar-refractivity contribution is 6.30. The Labute approximate surface area is 164 Å². The zero-order chi connectivity index (χ0) is 19.2. The molecule has 0 saturated heterocycles. The summed E-state index contributed by atoms with van der Waals surface area (Å²) in [5.74, 6) is 2.34. The lowest BCUT2D eigenvalue weighted by Crippen LogP contribution is -1.95. The summed E-state index contributed by atoms with van der Waals surface area (Å²) >= 11 is 5.93. The molecule has 0 saturated carbocycles. The van der Waals surface area contributed by atoms with Crippen molar-refractivity contribution in [3.63, 3.8) is 0 Å². The first kappa shape index (κ1) is 19.0. The minimum Gasteiger partial charge on any atom is -0.486 e. The number of allylic oxidation sites excluding steroid dienone is 1. The van der Waals surface area contributed by atoms with Gasteiger partial charge in [0.15, 0.2) is 5.78 Å². The predicted octanol–water partition coefficient (Wildman–Crippen LogP) is 6.53. The van der Waals surface area contributed by atoms with Gasteiger partial charge in [0.1, 0.15) is 23.9 Å². The van der Waals surface area contributed by atoms with Crippen molar-refractivity contribution in [2.45, 2.75) is 26.4 Å². The summed E-state index contributed by atoms with van der Waals surface area (Å²) in [4.78, 5) is 12.3. The Kier molecular flexibility index (Phi) is 6.15. The van der Waals surface area contributed by atoms with E-state index in [-0.39, 0.29) is 5.78 Å². The molecular weight excluding hydrogens is 360 g/mol. The predicted molar refractivity (Wildman–Crippen MR) is 108 cm³/mol. The highest BCUT2D eigenvalue weighted by atomic mass is 35.5. The van der Waals surface area contributed by atoms with Crippen LogP contribution in [0.5, 0.6) is 5.75 Å². The van der Waals surface area contributed by atoms with E-state index < -0.39 is 0 Å². The van der Waals surface area contributed by atoms with Gasteiger partial charge in [-0.1, -0.05) is 55.8 Å². The molecule has 4 heteroatoms. The number of benzene rings is 2. The van der Waals surface area contributed by atoms with Gasteiger partial charge in [0.05, 0.1) is 0 Å². The van der Waals surface area contributed by atoms with E-state index in [0.29, 0.717) is 40.4 Å². The molecule has 0 aliphatic carbocycles. The Morgan fingerprint density at radius 2 is 1.89 bits per heavy atom. The largest absolute Gasteiger partial charge is 0.486 e. The van der Waals surface area contributed by atoms with E-state index in [1.165, 1.54) is 11.6 Å². The van der Waals surface area contributed by atoms with Crippen molar-refractivity contribution in [2.75, 3.05) is 0 Å². The molecule has 3 rings (SSSR count). The summed E-state index contributed by atoms with van der Waals surface area (Å²) in [6.45, 7) is 4.54. The first-order valence-corrected chi connectivity index (χ1v) is 9.18. The number of hydrogen-bond donors (Lipinski definition) is 0. The normalized spacial score (nSPS) is 11.3. The number of ketones is 1. The average Bonchev–Trinajstić information content (AvgIpc) is 3.12. The summed E-state index contributed by atoms with van der Waals surface area (Å²) in [7, 11) is 0. The van der Waals surface area contributed by atoms with E-state index >= 15 is 0 Å². The van der Waals surface area contributed by atoms with Gasteiger partial charge in [-0.25, -0.2) is 0 Å². The average molecular weight is 381 g/mol. The van der Waals surface area contributed by atoms with Crippen LogP contribution in [0.15, 0.2) is 71.2 Å². The van der Waals surface area contributed by atoms with Gasteiger partial charge in [0.25, 0.3) is 0 Å². The molecule has 0 bridgehead atoms. The maximum Gasteiger partial charge on any atom is 0.185 e. The number of carbonyl (C=O) groups is 1. The van der Waals surface area contributed by atoms with Crippen molar-refractivity contribution < 1.29 is 13.9 Å². The van der Waals surface area contributed by atoms with Gasteiger partial charge in [-0.2, -0.15) is 0 Å². The Bertz CT molecular complexity index is 936. The molecular formula is C23H21ClO3. The lowest BCUT2D eigenvalue weighted by Gasteiger charge is -2.05. The molecule has 0 aliphatic heterocycles. The first-order chi connectivity index (χ1) is 13.0. The van der Waals surface area contributed by atoms with Crippen molar-refractivity contribution in [1.82, 2.24) is 0 Å². The van der Waals surface area contributed by atoms with Crippen molar-refractivity contribution in [1.29, 1.82) is 0 Å². The van der Waals surface area contributed by atoms with E-state index in [0.717, 1.165) is 0 Å². The van der Waals surface area contributed by atoms with Gasteiger partial charge in [0.2, 0.25) is 0 Å². The van der Waals surface area contributed by atoms with Crippen LogP contribution in [-0.4, -0.2) is 5.78 Å². The van der Waals surface area contributed by atoms with Crippen molar-refractivity contribution >= 4 is 23.5 Å². The molecule has 0 atom stereocenters. The van der Waals surface area contributed by atoms with Crippen LogP contribution < -0.4 is 4.74 Å².